The summed E-state index contributed by atoms with van der Waals surface area (Å²) in [5.41, 5.74) is 2.22. The molecule has 1 N–H and O–H groups in total. The molecule has 2 aromatic rings. The number of imidazole rings is 1. The van der Waals surface area contributed by atoms with Crippen LogP contribution in [0.3, 0.4) is 0 Å². The average Bonchev–Trinajstić information content (AvgIpc) is 2.57. The van der Waals surface area contributed by atoms with E-state index in [9.17, 15) is 9.90 Å². The number of rotatable bonds is 3. The minimum absolute atomic E-state index is 0.402. The maximum absolute atomic E-state index is 11.2. The van der Waals surface area contributed by atoms with Gasteiger partial charge in [0, 0.05) is 17.9 Å². The summed E-state index contributed by atoms with van der Waals surface area (Å²) in [6, 6.07) is 4.08. The third kappa shape index (κ3) is 2.52. The number of nitrogens with zero attached hydrogens (tertiary/aromatic N) is 2. The summed E-state index contributed by atoms with van der Waals surface area (Å²) in [5, 5.41) is 9.22. The molecule has 0 aliphatic heterocycles. The van der Waals surface area contributed by atoms with E-state index in [0.29, 0.717) is 6.42 Å². The molecule has 1 heterocycles. The Kier molecular flexibility index (Phi) is 3.43. The average molecular weight is 325 g/mol. The van der Waals surface area contributed by atoms with Crippen LogP contribution in [0, 0.1) is 12.3 Å². The normalized spacial score (nSPS) is 12.1. The number of halogens is 1. The van der Waals surface area contributed by atoms with Crippen LogP contribution in [0.5, 0.6) is 0 Å². The van der Waals surface area contributed by atoms with Crippen LogP contribution in [0.2, 0.25) is 0 Å². The number of aromatic nitrogens is 2. The summed E-state index contributed by atoms with van der Waals surface area (Å²) in [7, 11) is 1.93. The van der Waals surface area contributed by atoms with Gasteiger partial charge in [-0.2, -0.15) is 0 Å². The standard InChI is InChI=1S/C14H17BrN2O2/c1-8-5-9(15)12-10(6-8)17(4)11(16-12)7-14(2,3)13(18)19/h5-6H,7H2,1-4H3,(H,18,19). The number of fused-ring (bicyclic) bond motifs is 1. The molecule has 2 rings (SSSR count). The fraction of sp³-hybridized carbons (Fsp3) is 0.429. The highest BCUT2D eigenvalue weighted by Crippen LogP contribution is 2.28. The molecule has 0 spiro atoms. The zero-order chi connectivity index (χ0) is 14.4. The molecule has 19 heavy (non-hydrogen) atoms. The van der Waals surface area contributed by atoms with Crippen LogP contribution >= 0.6 is 15.9 Å². The number of carbonyl (C=O) groups is 1. The van der Waals surface area contributed by atoms with Crippen LogP contribution in [0.1, 0.15) is 25.2 Å². The Morgan fingerprint density at radius 2 is 2.11 bits per heavy atom. The van der Waals surface area contributed by atoms with Crippen molar-refractivity contribution in [1.82, 2.24) is 9.55 Å². The van der Waals surface area contributed by atoms with Gasteiger partial charge in [-0.15, -0.1) is 0 Å². The van der Waals surface area contributed by atoms with E-state index in [1.807, 2.05) is 24.6 Å². The molecule has 1 aromatic heterocycles. The van der Waals surface area contributed by atoms with Gasteiger partial charge in [0.05, 0.1) is 10.9 Å². The molecule has 0 aliphatic rings. The lowest BCUT2D eigenvalue weighted by molar-refractivity contribution is -0.146. The highest BCUT2D eigenvalue weighted by atomic mass is 79.9. The van der Waals surface area contributed by atoms with Crippen LogP contribution < -0.4 is 0 Å². The molecule has 0 unspecified atom stereocenters. The number of hydrogen-bond donors (Lipinski definition) is 1. The van der Waals surface area contributed by atoms with Crippen molar-refractivity contribution in [1.29, 1.82) is 0 Å². The molecular formula is C14H17BrN2O2. The van der Waals surface area contributed by atoms with Gasteiger partial charge in [0.15, 0.2) is 0 Å². The number of aryl methyl sites for hydroxylation is 2. The van der Waals surface area contributed by atoms with E-state index in [2.05, 4.69) is 27.0 Å². The number of carboxylic acids is 1. The van der Waals surface area contributed by atoms with Gasteiger partial charge < -0.3 is 9.67 Å². The Balaban J connectivity index is 2.55. The van der Waals surface area contributed by atoms with Gasteiger partial charge in [-0.3, -0.25) is 4.79 Å². The lowest BCUT2D eigenvalue weighted by atomic mass is 9.89. The quantitative estimate of drug-likeness (QED) is 0.942. The molecule has 0 atom stereocenters. The molecule has 0 aliphatic carbocycles. The number of aliphatic carboxylic acids is 1. The number of hydrogen-bond acceptors (Lipinski definition) is 2. The second-order valence-electron chi connectivity index (χ2n) is 5.57. The Labute approximate surface area is 120 Å². The topological polar surface area (TPSA) is 55.1 Å². The second kappa shape index (κ2) is 4.63. The Morgan fingerprint density at radius 3 is 2.68 bits per heavy atom. The van der Waals surface area contributed by atoms with Gasteiger partial charge in [0.2, 0.25) is 0 Å². The summed E-state index contributed by atoms with van der Waals surface area (Å²) < 4.78 is 2.91. The summed E-state index contributed by atoms with van der Waals surface area (Å²) in [4.78, 5) is 15.8. The molecule has 0 saturated carbocycles. The van der Waals surface area contributed by atoms with Gasteiger partial charge in [-0.25, -0.2) is 4.98 Å². The molecule has 0 amide bonds. The van der Waals surface area contributed by atoms with Gasteiger partial charge >= 0.3 is 5.97 Å². The van der Waals surface area contributed by atoms with Crippen LogP contribution in [0.4, 0.5) is 0 Å². The third-order valence-corrected chi connectivity index (χ3v) is 3.96. The van der Waals surface area contributed by atoms with Crippen LogP contribution in [-0.4, -0.2) is 20.6 Å². The first-order valence-corrected chi connectivity index (χ1v) is 6.86. The Hall–Kier alpha value is -1.36. The van der Waals surface area contributed by atoms with Gasteiger partial charge in [0.1, 0.15) is 11.3 Å². The second-order valence-corrected chi connectivity index (χ2v) is 6.42. The maximum atomic E-state index is 11.2. The largest absolute Gasteiger partial charge is 0.481 e. The Morgan fingerprint density at radius 1 is 1.47 bits per heavy atom. The highest BCUT2D eigenvalue weighted by Gasteiger charge is 2.29. The van der Waals surface area contributed by atoms with Gasteiger partial charge in [-0.05, 0) is 54.4 Å². The van der Waals surface area contributed by atoms with E-state index in [1.165, 1.54) is 0 Å². The molecule has 0 bridgehead atoms. The van der Waals surface area contributed by atoms with E-state index in [4.69, 9.17) is 0 Å². The SMILES string of the molecule is Cc1cc(Br)c2nc(CC(C)(C)C(=O)O)n(C)c2c1. The Bertz CT molecular complexity index is 659. The summed E-state index contributed by atoms with van der Waals surface area (Å²) in [5.74, 6) is -0.0245. The minimum atomic E-state index is -0.823. The zero-order valence-electron chi connectivity index (χ0n) is 11.5. The van der Waals surface area contributed by atoms with Crippen molar-refractivity contribution < 1.29 is 9.90 Å². The third-order valence-electron chi connectivity index (χ3n) is 3.36. The predicted octanol–water partition coefficient (Wildman–Crippen LogP) is 3.30. The van der Waals surface area contributed by atoms with Gasteiger partial charge in [-0.1, -0.05) is 0 Å². The van der Waals surface area contributed by atoms with Crippen LogP contribution in [0.15, 0.2) is 16.6 Å². The van der Waals surface area contributed by atoms with Crippen molar-refractivity contribution in [3.63, 3.8) is 0 Å². The first-order chi connectivity index (χ1) is 8.72. The molecule has 0 fully saturated rings. The van der Waals surface area contributed by atoms with Crippen molar-refractivity contribution in [2.45, 2.75) is 27.2 Å². The fourth-order valence-electron chi connectivity index (χ4n) is 2.05. The molecule has 0 saturated heterocycles. The summed E-state index contributed by atoms with van der Waals surface area (Å²) >= 11 is 3.51. The van der Waals surface area contributed by atoms with Crippen molar-refractivity contribution in [3.05, 3.63) is 28.0 Å². The lowest BCUT2D eigenvalue weighted by Gasteiger charge is -2.18. The first kappa shape index (κ1) is 14.1. The summed E-state index contributed by atoms with van der Waals surface area (Å²) in [6.07, 6.45) is 0.402. The molecule has 0 radical (unpaired) electrons. The predicted molar refractivity (Wildman–Crippen MR) is 78.3 cm³/mol. The number of carboxylic acid groups (broad SMARTS) is 1. The van der Waals surface area contributed by atoms with E-state index < -0.39 is 11.4 Å². The van der Waals surface area contributed by atoms with Crippen molar-refractivity contribution in [2.75, 3.05) is 0 Å². The summed E-state index contributed by atoms with van der Waals surface area (Å²) in [6.45, 7) is 5.46. The van der Waals surface area contributed by atoms with Gasteiger partial charge in [0.25, 0.3) is 0 Å². The van der Waals surface area contributed by atoms with Crippen molar-refractivity contribution in [2.24, 2.45) is 12.5 Å². The van der Waals surface area contributed by atoms with E-state index >= 15 is 0 Å². The highest BCUT2D eigenvalue weighted by molar-refractivity contribution is 9.10. The van der Waals surface area contributed by atoms with Crippen molar-refractivity contribution >= 4 is 32.9 Å². The van der Waals surface area contributed by atoms with Crippen molar-refractivity contribution in [3.8, 4) is 0 Å². The molecule has 4 nitrogen and oxygen atoms in total. The molecule has 1 aromatic carbocycles. The lowest BCUT2D eigenvalue weighted by Crippen LogP contribution is -2.27. The monoisotopic (exact) mass is 324 g/mol. The van der Waals surface area contributed by atoms with E-state index in [0.717, 1.165) is 26.9 Å². The molecular weight excluding hydrogens is 308 g/mol. The minimum Gasteiger partial charge on any atom is -0.481 e. The zero-order valence-corrected chi connectivity index (χ0v) is 13.1. The molecule has 102 valence electrons. The van der Waals surface area contributed by atoms with Crippen LogP contribution in [-0.2, 0) is 18.3 Å². The fourth-order valence-corrected chi connectivity index (χ4v) is 2.71. The van der Waals surface area contributed by atoms with Crippen LogP contribution in [0.25, 0.3) is 11.0 Å². The van der Waals surface area contributed by atoms with E-state index in [1.54, 1.807) is 13.8 Å². The maximum Gasteiger partial charge on any atom is 0.309 e. The smallest absolute Gasteiger partial charge is 0.309 e. The molecule has 5 heteroatoms. The van der Waals surface area contributed by atoms with E-state index in [-0.39, 0.29) is 0 Å². The number of benzene rings is 1. The first-order valence-electron chi connectivity index (χ1n) is 6.07.